The highest BCUT2D eigenvalue weighted by Crippen LogP contribution is 2.33. The summed E-state index contributed by atoms with van der Waals surface area (Å²) in [5.41, 5.74) is 2.06. The number of carbonyl (C=O) groups is 2. The molecule has 0 radical (unpaired) electrons. The second kappa shape index (κ2) is 6.18. The molecule has 0 atom stereocenters. The zero-order valence-corrected chi connectivity index (χ0v) is 13.3. The molecule has 3 aromatic rings. The van der Waals surface area contributed by atoms with E-state index < -0.39 is 11.9 Å². The highest BCUT2D eigenvalue weighted by molar-refractivity contribution is 7.13. The summed E-state index contributed by atoms with van der Waals surface area (Å²) in [6.07, 6.45) is 0. The lowest BCUT2D eigenvalue weighted by Crippen LogP contribution is -2.11. The van der Waals surface area contributed by atoms with Gasteiger partial charge in [-0.1, -0.05) is 30.3 Å². The van der Waals surface area contributed by atoms with Gasteiger partial charge in [0.2, 0.25) is 0 Å². The average molecular weight is 327 g/mol. The maximum absolute atomic E-state index is 12.0. The van der Waals surface area contributed by atoms with Crippen LogP contribution in [0.25, 0.3) is 21.3 Å². The van der Waals surface area contributed by atoms with Gasteiger partial charge >= 0.3 is 11.9 Å². The number of aromatic nitrogens is 1. The molecule has 116 valence electrons. The molecule has 0 N–H and O–H groups in total. The molecular weight excluding hydrogens is 314 g/mol. The van der Waals surface area contributed by atoms with Crippen molar-refractivity contribution in [3.8, 4) is 11.3 Å². The molecule has 3 rings (SSSR count). The first-order valence-electron chi connectivity index (χ1n) is 6.81. The van der Waals surface area contributed by atoms with Crippen LogP contribution < -0.4 is 0 Å². The second-order valence-electron chi connectivity index (χ2n) is 4.77. The van der Waals surface area contributed by atoms with E-state index in [9.17, 15) is 9.59 Å². The number of esters is 2. The van der Waals surface area contributed by atoms with Crippen molar-refractivity contribution in [2.45, 2.75) is 0 Å². The minimum absolute atomic E-state index is 0.171. The Kier molecular flexibility index (Phi) is 4.08. The van der Waals surface area contributed by atoms with E-state index in [-0.39, 0.29) is 11.1 Å². The standard InChI is InChI=1S/C17H13NO4S/c1-21-16(19)11-8-13-14(9-12(11)17(20)22-2)23-18-15(13)10-6-4-3-5-7-10/h3-9H,1-2H3. The van der Waals surface area contributed by atoms with Crippen LogP contribution in [-0.2, 0) is 9.47 Å². The molecule has 0 saturated heterocycles. The van der Waals surface area contributed by atoms with Crippen molar-refractivity contribution in [2.75, 3.05) is 14.2 Å². The summed E-state index contributed by atoms with van der Waals surface area (Å²) in [5, 5.41) is 0.800. The zero-order valence-electron chi connectivity index (χ0n) is 12.5. The van der Waals surface area contributed by atoms with E-state index in [1.54, 1.807) is 12.1 Å². The van der Waals surface area contributed by atoms with Crippen molar-refractivity contribution in [3.63, 3.8) is 0 Å². The molecule has 0 fully saturated rings. The number of hydrogen-bond donors (Lipinski definition) is 0. The first-order chi connectivity index (χ1) is 11.2. The van der Waals surface area contributed by atoms with E-state index in [1.807, 2.05) is 30.3 Å². The summed E-state index contributed by atoms with van der Waals surface area (Å²) in [7, 11) is 2.55. The largest absolute Gasteiger partial charge is 0.465 e. The number of hydrogen-bond acceptors (Lipinski definition) is 6. The van der Waals surface area contributed by atoms with Crippen molar-refractivity contribution in [2.24, 2.45) is 0 Å². The fourth-order valence-corrected chi connectivity index (χ4v) is 3.16. The van der Waals surface area contributed by atoms with Crippen molar-refractivity contribution in [3.05, 3.63) is 53.6 Å². The zero-order chi connectivity index (χ0) is 16.4. The molecule has 6 heteroatoms. The van der Waals surface area contributed by atoms with Crippen LogP contribution in [0.2, 0.25) is 0 Å². The third-order valence-corrected chi connectivity index (χ3v) is 4.28. The Morgan fingerprint density at radius 1 is 0.957 bits per heavy atom. The molecule has 0 aliphatic rings. The summed E-state index contributed by atoms with van der Waals surface area (Å²) in [6, 6.07) is 12.9. The van der Waals surface area contributed by atoms with Crippen molar-refractivity contribution in [1.29, 1.82) is 0 Å². The van der Waals surface area contributed by atoms with E-state index in [0.29, 0.717) is 0 Å². The van der Waals surface area contributed by atoms with Gasteiger partial charge in [0.25, 0.3) is 0 Å². The number of nitrogens with zero attached hydrogens (tertiary/aromatic N) is 1. The van der Waals surface area contributed by atoms with Gasteiger partial charge in [-0.05, 0) is 23.7 Å². The maximum atomic E-state index is 12.0. The van der Waals surface area contributed by atoms with E-state index in [2.05, 4.69) is 4.37 Å². The normalized spacial score (nSPS) is 10.5. The number of benzene rings is 2. The molecule has 0 aliphatic heterocycles. The summed E-state index contributed by atoms with van der Waals surface area (Å²) < 4.78 is 14.8. The monoisotopic (exact) mass is 327 g/mol. The van der Waals surface area contributed by atoms with Crippen LogP contribution >= 0.6 is 11.5 Å². The summed E-state index contributed by atoms with van der Waals surface area (Å²) in [6.45, 7) is 0. The van der Waals surface area contributed by atoms with Crippen LogP contribution in [-0.4, -0.2) is 30.5 Å². The third-order valence-electron chi connectivity index (χ3n) is 3.47. The minimum atomic E-state index is -0.586. The van der Waals surface area contributed by atoms with Crippen molar-refractivity contribution >= 4 is 33.6 Å². The van der Waals surface area contributed by atoms with Crippen LogP contribution in [0.15, 0.2) is 42.5 Å². The van der Waals surface area contributed by atoms with Crippen molar-refractivity contribution in [1.82, 2.24) is 4.37 Å². The van der Waals surface area contributed by atoms with Crippen LogP contribution in [0.1, 0.15) is 20.7 Å². The Balaban J connectivity index is 2.26. The fraction of sp³-hybridized carbons (Fsp3) is 0.118. The number of fused-ring (bicyclic) bond motifs is 1. The topological polar surface area (TPSA) is 65.5 Å². The van der Waals surface area contributed by atoms with Gasteiger partial charge in [0.15, 0.2) is 0 Å². The molecule has 0 saturated carbocycles. The van der Waals surface area contributed by atoms with Gasteiger partial charge in [-0.15, -0.1) is 0 Å². The van der Waals surface area contributed by atoms with E-state index >= 15 is 0 Å². The molecule has 0 unspecified atom stereocenters. The van der Waals surface area contributed by atoms with E-state index in [0.717, 1.165) is 21.3 Å². The maximum Gasteiger partial charge on any atom is 0.338 e. The number of carbonyl (C=O) groups excluding carboxylic acids is 2. The molecule has 0 bridgehead atoms. The SMILES string of the molecule is COC(=O)c1cc2snc(-c3ccccc3)c2cc1C(=O)OC. The lowest BCUT2D eigenvalue weighted by Gasteiger charge is -2.07. The molecule has 1 heterocycles. The molecular formula is C17H13NO4S. The van der Waals surface area contributed by atoms with E-state index in [4.69, 9.17) is 9.47 Å². The Labute approximate surface area is 136 Å². The number of ether oxygens (including phenoxy) is 2. The van der Waals surface area contributed by atoms with Gasteiger partial charge in [-0.2, -0.15) is 4.37 Å². The van der Waals surface area contributed by atoms with Crippen molar-refractivity contribution < 1.29 is 19.1 Å². The van der Waals surface area contributed by atoms with Crippen LogP contribution in [0.3, 0.4) is 0 Å². The van der Waals surface area contributed by atoms with Crippen LogP contribution in [0, 0.1) is 0 Å². The van der Waals surface area contributed by atoms with Gasteiger partial charge in [0.1, 0.15) is 0 Å². The lowest BCUT2D eigenvalue weighted by molar-refractivity contribution is 0.0555. The van der Waals surface area contributed by atoms with Crippen LogP contribution in [0.4, 0.5) is 0 Å². The first kappa shape index (κ1) is 15.2. The molecule has 2 aromatic carbocycles. The molecule has 1 aromatic heterocycles. The number of rotatable bonds is 3. The summed E-state index contributed by atoms with van der Waals surface area (Å²) in [5.74, 6) is -1.17. The van der Waals surface area contributed by atoms with Gasteiger partial charge in [0, 0.05) is 10.9 Å². The highest BCUT2D eigenvalue weighted by atomic mass is 32.1. The fourth-order valence-electron chi connectivity index (χ4n) is 2.35. The predicted octanol–water partition coefficient (Wildman–Crippen LogP) is 3.54. The van der Waals surface area contributed by atoms with Crippen LogP contribution in [0.5, 0.6) is 0 Å². The Morgan fingerprint density at radius 2 is 1.57 bits per heavy atom. The lowest BCUT2D eigenvalue weighted by atomic mass is 10.0. The summed E-state index contributed by atoms with van der Waals surface area (Å²) >= 11 is 1.27. The second-order valence-corrected chi connectivity index (χ2v) is 5.58. The van der Waals surface area contributed by atoms with E-state index in [1.165, 1.54) is 25.8 Å². The molecule has 0 spiro atoms. The Morgan fingerprint density at radius 3 is 2.17 bits per heavy atom. The minimum Gasteiger partial charge on any atom is -0.465 e. The summed E-state index contributed by atoms with van der Waals surface area (Å²) in [4.78, 5) is 24.0. The smallest absolute Gasteiger partial charge is 0.338 e. The van der Waals surface area contributed by atoms with Gasteiger partial charge in [-0.25, -0.2) is 9.59 Å². The third kappa shape index (κ3) is 2.68. The predicted molar refractivity (Wildman–Crippen MR) is 87.7 cm³/mol. The highest BCUT2D eigenvalue weighted by Gasteiger charge is 2.22. The molecule has 0 amide bonds. The average Bonchev–Trinajstić information content (AvgIpc) is 3.02. The molecule has 5 nitrogen and oxygen atoms in total. The molecule has 0 aliphatic carbocycles. The Bertz CT molecular complexity index is 886. The first-order valence-corrected chi connectivity index (χ1v) is 7.58. The quantitative estimate of drug-likeness (QED) is 0.688. The van der Waals surface area contributed by atoms with Gasteiger partial charge in [0.05, 0.1) is 35.7 Å². The molecule has 23 heavy (non-hydrogen) atoms. The van der Waals surface area contributed by atoms with Gasteiger partial charge < -0.3 is 9.47 Å². The number of methoxy groups -OCH3 is 2. The Hall–Kier alpha value is -2.73. The van der Waals surface area contributed by atoms with Gasteiger partial charge in [-0.3, -0.25) is 0 Å².